The highest BCUT2D eigenvalue weighted by atomic mass is 16.5. The second-order valence-corrected chi connectivity index (χ2v) is 2.82. The standard InChI is InChI=1S/C8H12N2O2/c1-6-8(4-10(3)5-11)7(2)12-9-6/h5H,4H2,1-3H3. The number of nitrogens with zero attached hydrogens (tertiary/aromatic N) is 2. The van der Waals surface area contributed by atoms with Crippen LogP contribution >= 0.6 is 0 Å². The highest BCUT2D eigenvalue weighted by molar-refractivity contribution is 5.46. The molecular weight excluding hydrogens is 156 g/mol. The van der Waals surface area contributed by atoms with Crippen molar-refractivity contribution < 1.29 is 9.32 Å². The molecule has 0 radical (unpaired) electrons. The topological polar surface area (TPSA) is 46.3 Å². The maximum atomic E-state index is 10.3. The van der Waals surface area contributed by atoms with E-state index in [4.69, 9.17) is 4.52 Å². The number of hydrogen-bond acceptors (Lipinski definition) is 3. The molecule has 0 saturated heterocycles. The van der Waals surface area contributed by atoms with E-state index < -0.39 is 0 Å². The van der Waals surface area contributed by atoms with E-state index in [-0.39, 0.29) is 0 Å². The molecule has 1 aromatic heterocycles. The summed E-state index contributed by atoms with van der Waals surface area (Å²) in [7, 11) is 1.72. The van der Waals surface area contributed by atoms with Gasteiger partial charge >= 0.3 is 0 Å². The molecule has 4 nitrogen and oxygen atoms in total. The minimum atomic E-state index is 0.560. The van der Waals surface area contributed by atoms with E-state index in [1.807, 2.05) is 13.8 Å². The first kappa shape index (κ1) is 8.77. The fraction of sp³-hybridized carbons (Fsp3) is 0.500. The third kappa shape index (κ3) is 1.64. The molecule has 1 heterocycles. The van der Waals surface area contributed by atoms with E-state index in [0.717, 1.165) is 23.4 Å². The van der Waals surface area contributed by atoms with Crippen LogP contribution in [0.15, 0.2) is 4.52 Å². The zero-order valence-corrected chi connectivity index (χ0v) is 7.50. The molecule has 0 fully saturated rings. The molecule has 0 unspecified atom stereocenters. The Balaban J connectivity index is 2.80. The summed E-state index contributed by atoms with van der Waals surface area (Å²) in [5.41, 5.74) is 1.84. The van der Waals surface area contributed by atoms with Gasteiger partial charge in [0.05, 0.1) is 12.2 Å². The molecule has 0 aliphatic heterocycles. The monoisotopic (exact) mass is 168 g/mol. The van der Waals surface area contributed by atoms with Crippen molar-refractivity contribution in [3.63, 3.8) is 0 Å². The molecule has 0 saturated carbocycles. The third-order valence-electron chi connectivity index (χ3n) is 1.77. The van der Waals surface area contributed by atoms with Crippen molar-refractivity contribution in [1.82, 2.24) is 10.1 Å². The summed E-state index contributed by atoms with van der Waals surface area (Å²) in [6.07, 6.45) is 0.784. The van der Waals surface area contributed by atoms with E-state index in [1.54, 1.807) is 11.9 Å². The summed E-state index contributed by atoms with van der Waals surface area (Å²) in [5, 5.41) is 3.79. The Kier molecular flexibility index (Phi) is 2.47. The van der Waals surface area contributed by atoms with Crippen LogP contribution in [0.1, 0.15) is 17.0 Å². The number of rotatable bonds is 3. The Labute approximate surface area is 71.1 Å². The molecule has 0 atom stereocenters. The lowest BCUT2D eigenvalue weighted by Crippen LogP contribution is -2.15. The van der Waals surface area contributed by atoms with Gasteiger partial charge < -0.3 is 9.42 Å². The first-order valence-electron chi connectivity index (χ1n) is 3.72. The Morgan fingerprint density at radius 3 is 2.67 bits per heavy atom. The van der Waals surface area contributed by atoms with Gasteiger partial charge in [0, 0.05) is 12.6 Å². The number of aryl methyl sites for hydroxylation is 2. The maximum absolute atomic E-state index is 10.3. The lowest BCUT2D eigenvalue weighted by molar-refractivity contribution is -0.117. The molecule has 0 aromatic carbocycles. The first-order valence-corrected chi connectivity index (χ1v) is 3.72. The van der Waals surface area contributed by atoms with Crippen molar-refractivity contribution in [1.29, 1.82) is 0 Å². The molecule has 1 rings (SSSR count). The normalized spacial score (nSPS) is 9.92. The van der Waals surface area contributed by atoms with Gasteiger partial charge in [0.25, 0.3) is 0 Å². The van der Waals surface area contributed by atoms with Crippen LogP contribution in [0.5, 0.6) is 0 Å². The number of carbonyl (C=O) groups is 1. The van der Waals surface area contributed by atoms with Crippen LogP contribution in [0.3, 0.4) is 0 Å². The van der Waals surface area contributed by atoms with Crippen LogP contribution in [0.4, 0.5) is 0 Å². The highest BCUT2D eigenvalue weighted by Gasteiger charge is 2.09. The van der Waals surface area contributed by atoms with E-state index in [9.17, 15) is 4.79 Å². The van der Waals surface area contributed by atoms with Gasteiger partial charge in [0.2, 0.25) is 6.41 Å². The summed E-state index contributed by atoms with van der Waals surface area (Å²) in [4.78, 5) is 11.9. The van der Waals surface area contributed by atoms with Crippen molar-refractivity contribution in [2.75, 3.05) is 7.05 Å². The smallest absolute Gasteiger partial charge is 0.209 e. The fourth-order valence-corrected chi connectivity index (χ4v) is 1.01. The molecule has 0 aliphatic rings. The third-order valence-corrected chi connectivity index (χ3v) is 1.77. The van der Waals surface area contributed by atoms with Crippen LogP contribution in [0.2, 0.25) is 0 Å². The molecule has 12 heavy (non-hydrogen) atoms. The highest BCUT2D eigenvalue weighted by Crippen LogP contribution is 2.13. The van der Waals surface area contributed by atoms with Crippen molar-refractivity contribution in [3.05, 3.63) is 17.0 Å². The zero-order valence-electron chi connectivity index (χ0n) is 7.50. The molecule has 1 amide bonds. The van der Waals surface area contributed by atoms with Gasteiger partial charge in [-0.2, -0.15) is 0 Å². The van der Waals surface area contributed by atoms with E-state index in [2.05, 4.69) is 5.16 Å². The summed E-state index contributed by atoms with van der Waals surface area (Å²) in [6.45, 7) is 4.27. The molecular formula is C8H12N2O2. The van der Waals surface area contributed by atoms with Crippen LogP contribution in [0.25, 0.3) is 0 Å². The van der Waals surface area contributed by atoms with Gasteiger partial charge in [-0.25, -0.2) is 0 Å². The van der Waals surface area contributed by atoms with Crippen LogP contribution in [0, 0.1) is 13.8 Å². The van der Waals surface area contributed by atoms with Crippen molar-refractivity contribution >= 4 is 6.41 Å². The molecule has 0 spiro atoms. The Morgan fingerprint density at radius 1 is 1.58 bits per heavy atom. The fourth-order valence-electron chi connectivity index (χ4n) is 1.01. The molecule has 4 heteroatoms. The van der Waals surface area contributed by atoms with Crippen LogP contribution in [-0.2, 0) is 11.3 Å². The summed E-state index contributed by atoms with van der Waals surface area (Å²) >= 11 is 0. The number of aromatic nitrogens is 1. The summed E-state index contributed by atoms with van der Waals surface area (Å²) in [5.74, 6) is 0.779. The predicted octanol–water partition coefficient (Wildman–Crippen LogP) is 0.880. The SMILES string of the molecule is Cc1noc(C)c1CN(C)C=O. The van der Waals surface area contributed by atoms with Crippen molar-refractivity contribution in [2.24, 2.45) is 0 Å². The maximum Gasteiger partial charge on any atom is 0.209 e. The second-order valence-electron chi connectivity index (χ2n) is 2.82. The van der Waals surface area contributed by atoms with Gasteiger partial charge in [-0.1, -0.05) is 5.16 Å². The number of carbonyl (C=O) groups excluding carboxylic acids is 1. The Morgan fingerprint density at radius 2 is 2.25 bits per heavy atom. The average Bonchev–Trinajstić information content (AvgIpc) is 2.35. The van der Waals surface area contributed by atoms with Crippen molar-refractivity contribution in [3.8, 4) is 0 Å². The van der Waals surface area contributed by atoms with E-state index in [0.29, 0.717) is 6.54 Å². The molecule has 0 N–H and O–H groups in total. The van der Waals surface area contributed by atoms with Gasteiger partial charge in [-0.05, 0) is 13.8 Å². The quantitative estimate of drug-likeness (QED) is 0.629. The van der Waals surface area contributed by atoms with Crippen LogP contribution in [-0.4, -0.2) is 23.5 Å². The second kappa shape index (κ2) is 3.38. The summed E-state index contributed by atoms with van der Waals surface area (Å²) in [6, 6.07) is 0. The molecule has 66 valence electrons. The summed E-state index contributed by atoms with van der Waals surface area (Å²) < 4.78 is 4.95. The van der Waals surface area contributed by atoms with Gasteiger partial charge in [0.1, 0.15) is 5.76 Å². The Hall–Kier alpha value is -1.32. The van der Waals surface area contributed by atoms with E-state index in [1.165, 1.54) is 0 Å². The number of hydrogen-bond donors (Lipinski definition) is 0. The molecule has 1 aromatic rings. The largest absolute Gasteiger partial charge is 0.361 e. The minimum absolute atomic E-state index is 0.560. The van der Waals surface area contributed by atoms with Crippen LogP contribution < -0.4 is 0 Å². The zero-order chi connectivity index (χ0) is 9.14. The van der Waals surface area contributed by atoms with Gasteiger partial charge in [-0.15, -0.1) is 0 Å². The lowest BCUT2D eigenvalue weighted by Gasteiger charge is -2.08. The van der Waals surface area contributed by atoms with E-state index >= 15 is 0 Å². The van der Waals surface area contributed by atoms with Gasteiger partial charge in [-0.3, -0.25) is 4.79 Å². The average molecular weight is 168 g/mol. The Bertz CT molecular complexity index is 261. The minimum Gasteiger partial charge on any atom is -0.361 e. The molecule has 0 aliphatic carbocycles. The predicted molar refractivity (Wildman–Crippen MR) is 43.5 cm³/mol. The number of amides is 1. The lowest BCUT2D eigenvalue weighted by atomic mass is 10.2. The van der Waals surface area contributed by atoms with Crippen molar-refractivity contribution in [2.45, 2.75) is 20.4 Å². The first-order chi connectivity index (χ1) is 5.65. The molecule has 0 bridgehead atoms. The van der Waals surface area contributed by atoms with Gasteiger partial charge in [0.15, 0.2) is 0 Å².